The van der Waals surface area contributed by atoms with Gasteiger partial charge < -0.3 is 10.5 Å². The molecule has 4 nitrogen and oxygen atoms in total. The summed E-state index contributed by atoms with van der Waals surface area (Å²) in [5.41, 5.74) is 5.71. The van der Waals surface area contributed by atoms with Crippen LogP contribution in [-0.4, -0.2) is 20.6 Å². The van der Waals surface area contributed by atoms with Crippen LogP contribution >= 0.6 is 12.2 Å². The smallest absolute Gasteiger partial charge is 0.317 e. The zero-order valence-corrected chi connectivity index (χ0v) is 9.97. The molecule has 1 rings (SSSR count). The van der Waals surface area contributed by atoms with E-state index in [1.54, 1.807) is 12.3 Å². The zero-order valence-electron chi connectivity index (χ0n) is 9.15. The third-order valence-corrected chi connectivity index (χ3v) is 2.31. The molecular formula is C10H15N3OS. The molecule has 0 radical (unpaired) electrons. The molecule has 82 valence electrons. The summed E-state index contributed by atoms with van der Waals surface area (Å²) in [7, 11) is 0. The Morgan fingerprint density at radius 3 is 2.80 bits per heavy atom. The van der Waals surface area contributed by atoms with Crippen molar-refractivity contribution in [2.24, 2.45) is 5.73 Å². The summed E-state index contributed by atoms with van der Waals surface area (Å²) in [6.07, 6.45) is 2.45. The lowest BCUT2D eigenvalue weighted by molar-refractivity contribution is 0.0924. The van der Waals surface area contributed by atoms with Gasteiger partial charge in [-0.2, -0.15) is 4.98 Å². The summed E-state index contributed by atoms with van der Waals surface area (Å²) < 4.78 is 5.60. The van der Waals surface area contributed by atoms with Gasteiger partial charge in [0.25, 0.3) is 0 Å². The number of rotatable bonds is 4. The van der Waals surface area contributed by atoms with Gasteiger partial charge in [-0.05, 0) is 26.3 Å². The molecule has 2 N–H and O–H groups in total. The van der Waals surface area contributed by atoms with E-state index in [1.165, 1.54) is 0 Å². The molecule has 0 fully saturated rings. The maximum atomic E-state index is 5.60. The molecule has 0 aliphatic heterocycles. The minimum Gasteiger partial charge on any atom is -0.457 e. The maximum Gasteiger partial charge on any atom is 0.317 e. The van der Waals surface area contributed by atoms with Gasteiger partial charge in [0.15, 0.2) is 0 Å². The average molecular weight is 225 g/mol. The maximum absolute atomic E-state index is 5.60. The first kappa shape index (κ1) is 11.8. The first-order chi connectivity index (χ1) is 6.94. The van der Waals surface area contributed by atoms with Crippen LogP contribution in [0.25, 0.3) is 0 Å². The minimum atomic E-state index is -0.283. The highest BCUT2D eigenvalue weighted by Crippen LogP contribution is 2.16. The van der Waals surface area contributed by atoms with Crippen LogP contribution in [0.15, 0.2) is 12.3 Å². The topological polar surface area (TPSA) is 61.0 Å². The second kappa shape index (κ2) is 4.53. The Balaban J connectivity index is 2.87. The predicted octanol–water partition coefficient (Wildman–Crippen LogP) is 1.68. The van der Waals surface area contributed by atoms with E-state index in [0.717, 1.165) is 6.42 Å². The molecule has 1 aromatic heterocycles. The Kier molecular flexibility index (Phi) is 3.57. The van der Waals surface area contributed by atoms with Crippen LogP contribution in [0.4, 0.5) is 0 Å². The van der Waals surface area contributed by atoms with Gasteiger partial charge in [-0.15, -0.1) is 0 Å². The molecule has 0 bridgehead atoms. The number of hydrogen-bond donors (Lipinski definition) is 1. The molecule has 0 unspecified atom stereocenters. The van der Waals surface area contributed by atoms with Gasteiger partial charge in [-0.25, -0.2) is 4.98 Å². The quantitative estimate of drug-likeness (QED) is 0.790. The lowest BCUT2D eigenvalue weighted by Gasteiger charge is -2.23. The van der Waals surface area contributed by atoms with Crippen molar-refractivity contribution in [3.63, 3.8) is 0 Å². The van der Waals surface area contributed by atoms with Crippen molar-refractivity contribution in [3.8, 4) is 6.01 Å². The molecule has 0 atom stereocenters. The van der Waals surface area contributed by atoms with Gasteiger partial charge in [0.2, 0.25) is 0 Å². The Hall–Kier alpha value is -1.23. The molecule has 0 spiro atoms. The molecule has 0 saturated carbocycles. The van der Waals surface area contributed by atoms with Crippen molar-refractivity contribution < 1.29 is 4.74 Å². The van der Waals surface area contributed by atoms with Gasteiger partial charge in [0.05, 0.1) is 0 Å². The third-order valence-electron chi connectivity index (χ3n) is 2.10. The fourth-order valence-corrected chi connectivity index (χ4v) is 0.960. The molecule has 0 amide bonds. The second-order valence-corrected chi connectivity index (χ2v) is 4.24. The van der Waals surface area contributed by atoms with Gasteiger partial charge in [0, 0.05) is 6.20 Å². The first-order valence-corrected chi connectivity index (χ1v) is 5.17. The molecule has 15 heavy (non-hydrogen) atoms. The average Bonchev–Trinajstić information content (AvgIpc) is 2.17. The summed E-state index contributed by atoms with van der Waals surface area (Å²) in [4.78, 5) is 8.36. The zero-order chi connectivity index (χ0) is 11.5. The minimum absolute atomic E-state index is 0.247. The molecule has 0 saturated heterocycles. The summed E-state index contributed by atoms with van der Waals surface area (Å²) in [6, 6.07) is 1.97. The largest absolute Gasteiger partial charge is 0.457 e. The van der Waals surface area contributed by atoms with E-state index in [0.29, 0.717) is 11.7 Å². The normalized spacial score (nSPS) is 11.1. The molecular weight excluding hydrogens is 210 g/mol. The van der Waals surface area contributed by atoms with Gasteiger partial charge in [-0.1, -0.05) is 19.1 Å². The van der Waals surface area contributed by atoms with Crippen LogP contribution in [0.1, 0.15) is 32.9 Å². The Labute approximate surface area is 94.9 Å². The van der Waals surface area contributed by atoms with Crippen molar-refractivity contribution in [1.82, 2.24) is 9.97 Å². The Morgan fingerprint density at radius 2 is 2.27 bits per heavy atom. The van der Waals surface area contributed by atoms with E-state index in [-0.39, 0.29) is 10.6 Å². The molecule has 0 aliphatic carbocycles. The monoisotopic (exact) mass is 225 g/mol. The number of ether oxygens (including phenoxy) is 1. The van der Waals surface area contributed by atoms with Gasteiger partial charge >= 0.3 is 6.01 Å². The lowest BCUT2D eigenvalue weighted by atomic mass is 10.1. The van der Waals surface area contributed by atoms with E-state index in [4.69, 9.17) is 22.7 Å². The number of nitrogens with zero attached hydrogens (tertiary/aromatic N) is 2. The predicted molar refractivity (Wildman–Crippen MR) is 62.9 cm³/mol. The summed E-state index contributed by atoms with van der Waals surface area (Å²) in [6.45, 7) is 5.99. The molecule has 0 aromatic carbocycles. The standard InChI is InChI=1S/C10H15N3OS/c1-4-10(2,3)14-9-12-6-5-7(13-9)8(11)15/h5-6H,4H2,1-3H3,(H2,11,15). The summed E-state index contributed by atoms with van der Waals surface area (Å²) in [5.74, 6) is 0. The SMILES string of the molecule is CCC(C)(C)Oc1nccc(C(N)=S)n1. The number of thiocarbonyl (C=S) groups is 1. The number of nitrogens with two attached hydrogens (primary N) is 1. The van der Waals surface area contributed by atoms with Crippen LogP contribution in [-0.2, 0) is 0 Å². The van der Waals surface area contributed by atoms with Crippen molar-refractivity contribution in [1.29, 1.82) is 0 Å². The Bertz CT molecular complexity index is 365. The fraction of sp³-hybridized carbons (Fsp3) is 0.500. The second-order valence-electron chi connectivity index (χ2n) is 3.80. The van der Waals surface area contributed by atoms with Crippen LogP contribution in [0.3, 0.4) is 0 Å². The van der Waals surface area contributed by atoms with Crippen LogP contribution < -0.4 is 10.5 Å². The number of aromatic nitrogens is 2. The van der Waals surface area contributed by atoms with Crippen molar-refractivity contribution in [2.75, 3.05) is 0 Å². The van der Waals surface area contributed by atoms with E-state index >= 15 is 0 Å². The van der Waals surface area contributed by atoms with Gasteiger partial charge in [0.1, 0.15) is 16.3 Å². The summed E-state index contributed by atoms with van der Waals surface area (Å²) >= 11 is 4.82. The highest BCUT2D eigenvalue weighted by molar-refractivity contribution is 7.80. The highest BCUT2D eigenvalue weighted by Gasteiger charge is 2.18. The van der Waals surface area contributed by atoms with Crippen LogP contribution in [0.5, 0.6) is 6.01 Å². The van der Waals surface area contributed by atoms with Gasteiger partial charge in [-0.3, -0.25) is 0 Å². The fourth-order valence-electron chi connectivity index (χ4n) is 0.847. The first-order valence-electron chi connectivity index (χ1n) is 4.76. The van der Waals surface area contributed by atoms with Crippen molar-refractivity contribution >= 4 is 17.2 Å². The molecule has 1 heterocycles. The molecule has 0 aliphatic rings. The van der Waals surface area contributed by atoms with E-state index in [2.05, 4.69) is 9.97 Å². The summed E-state index contributed by atoms with van der Waals surface area (Å²) in [5, 5.41) is 0. The van der Waals surface area contributed by atoms with E-state index in [1.807, 2.05) is 20.8 Å². The molecule has 1 aromatic rings. The van der Waals surface area contributed by atoms with Crippen molar-refractivity contribution in [2.45, 2.75) is 32.8 Å². The van der Waals surface area contributed by atoms with E-state index in [9.17, 15) is 0 Å². The van der Waals surface area contributed by atoms with Crippen molar-refractivity contribution in [3.05, 3.63) is 18.0 Å². The van der Waals surface area contributed by atoms with Crippen LogP contribution in [0.2, 0.25) is 0 Å². The third kappa shape index (κ3) is 3.43. The molecule has 5 heteroatoms. The van der Waals surface area contributed by atoms with Crippen LogP contribution in [0, 0.1) is 0 Å². The Morgan fingerprint density at radius 1 is 1.60 bits per heavy atom. The lowest BCUT2D eigenvalue weighted by Crippen LogP contribution is -2.28. The van der Waals surface area contributed by atoms with E-state index < -0.39 is 0 Å². The highest BCUT2D eigenvalue weighted by atomic mass is 32.1. The number of hydrogen-bond acceptors (Lipinski definition) is 4.